The minimum Gasteiger partial charge on any atom is -0.454 e. The molecule has 0 aliphatic carbocycles. The average Bonchev–Trinajstić information content (AvgIpc) is 3.06. The predicted molar refractivity (Wildman–Crippen MR) is 82.5 cm³/mol. The largest absolute Gasteiger partial charge is 0.454 e. The molecule has 0 radical (unpaired) electrons. The Hall–Kier alpha value is -1.01. The lowest BCUT2D eigenvalue weighted by Crippen LogP contribution is -2.30. The second kappa shape index (κ2) is 6.18. The van der Waals surface area contributed by atoms with Crippen LogP contribution in [0.15, 0.2) is 18.2 Å². The van der Waals surface area contributed by atoms with Gasteiger partial charge in [-0.05, 0) is 11.8 Å². The molecule has 20 heavy (non-hydrogen) atoms. The van der Waals surface area contributed by atoms with Crippen molar-refractivity contribution in [1.82, 2.24) is 4.90 Å². The number of ether oxygens (including phenoxy) is 2. The van der Waals surface area contributed by atoms with Crippen LogP contribution in [0.2, 0.25) is 0 Å². The van der Waals surface area contributed by atoms with Gasteiger partial charge in [0, 0.05) is 17.9 Å². The summed E-state index contributed by atoms with van der Waals surface area (Å²) in [5.74, 6) is 4.40. The lowest BCUT2D eigenvalue weighted by atomic mass is 10.1. The molecule has 0 N–H and O–H groups in total. The van der Waals surface area contributed by atoms with E-state index in [4.69, 9.17) is 9.47 Å². The van der Waals surface area contributed by atoms with Gasteiger partial charge in [0.15, 0.2) is 11.5 Å². The number of fused-ring (bicyclic) bond motifs is 1. The molecule has 0 aromatic heterocycles. The van der Waals surface area contributed by atoms with E-state index in [1.807, 2.05) is 34.9 Å². The molecule has 0 bridgehead atoms. The average molecular weight is 311 g/mol. The molecule has 1 amide bonds. The highest BCUT2D eigenvalue weighted by Gasteiger charge is 2.35. The van der Waals surface area contributed by atoms with Crippen molar-refractivity contribution in [1.29, 1.82) is 0 Å². The van der Waals surface area contributed by atoms with Crippen LogP contribution in [0.25, 0.3) is 0 Å². The Morgan fingerprint density at radius 3 is 3.20 bits per heavy atom. The Morgan fingerprint density at radius 2 is 2.35 bits per heavy atom. The SMILES string of the molecule is CCSCCN1C(=O)CSC1c1cccc2c1OCO2. The first-order valence-electron chi connectivity index (χ1n) is 6.68. The second-order valence-electron chi connectivity index (χ2n) is 4.53. The molecule has 2 aliphatic rings. The molecule has 108 valence electrons. The molecule has 6 heteroatoms. The third-order valence-electron chi connectivity index (χ3n) is 3.34. The number of thioether (sulfide) groups is 2. The van der Waals surface area contributed by atoms with Crippen LogP contribution >= 0.6 is 23.5 Å². The van der Waals surface area contributed by atoms with Gasteiger partial charge in [0.2, 0.25) is 12.7 Å². The Labute approximate surface area is 127 Å². The maximum atomic E-state index is 12.1. The second-order valence-corrected chi connectivity index (χ2v) is 6.99. The predicted octanol–water partition coefficient (Wildman–Crippen LogP) is 2.74. The number of nitrogens with zero attached hydrogens (tertiary/aromatic N) is 1. The van der Waals surface area contributed by atoms with Crippen LogP contribution in [0.5, 0.6) is 11.5 Å². The van der Waals surface area contributed by atoms with Crippen molar-refractivity contribution in [3.05, 3.63) is 23.8 Å². The standard InChI is InChI=1S/C14H17NO3S2/c1-2-19-7-6-15-12(16)8-20-14(15)10-4-3-5-11-13(10)18-9-17-11/h3-5,14H,2,6-9H2,1H3. The zero-order chi connectivity index (χ0) is 13.9. The maximum absolute atomic E-state index is 12.1. The molecular weight excluding hydrogens is 294 g/mol. The van der Waals surface area contributed by atoms with Crippen LogP contribution in [0.4, 0.5) is 0 Å². The molecule has 0 spiro atoms. The summed E-state index contributed by atoms with van der Waals surface area (Å²) in [5, 5.41) is 0.0524. The first-order valence-corrected chi connectivity index (χ1v) is 8.89. The van der Waals surface area contributed by atoms with E-state index in [-0.39, 0.29) is 18.1 Å². The Kier molecular flexibility index (Phi) is 4.31. The van der Waals surface area contributed by atoms with E-state index in [0.717, 1.165) is 35.1 Å². The molecule has 1 saturated heterocycles. The van der Waals surface area contributed by atoms with Crippen molar-refractivity contribution in [2.75, 3.05) is 30.6 Å². The molecule has 1 aromatic carbocycles. The highest BCUT2D eigenvalue weighted by atomic mass is 32.2. The van der Waals surface area contributed by atoms with E-state index in [1.54, 1.807) is 11.8 Å². The number of amides is 1. The summed E-state index contributed by atoms with van der Waals surface area (Å²) < 4.78 is 11.0. The van der Waals surface area contributed by atoms with Crippen LogP contribution in [0.1, 0.15) is 17.9 Å². The van der Waals surface area contributed by atoms with Crippen molar-refractivity contribution in [2.45, 2.75) is 12.3 Å². The highest BCUT2D eigenvalue weighted by molar-refractivity contribution is 8.00. The molecule has 1 fully saturated rings. The van der Waals surface area contributed by atoms with E-state index in [2.05, 4.69) is 6.92 Å². The van der Waals surface area contributed by atoms with Crippen molar-refractivity contribution in [2.24, 2.45) is 0 Å². The van der Waals surface area contributed by atoms with Gasteiger partial charge in [-0.15, -0.1) is 11.8 Å². The van der Waals surface area contributed by atoms with Gasteiger partial charge in [-0.3, -0.25) is 4.79 Å². The Morgan fingerprint density at radius 1 is 1.45 bits per heavy atom. The third-order valence-corrected chi connectivity index (χ3v) is 5.46. The zero-order valence-corrected chi connectivity index (χ0v) is 13.0. The molecule has 1 aromatic rings. The van der Waals surface area contributed by atoms with E-state index < -0.39 is 0 Å². The fourth-order valence-electron chi connectivity index (χ4n) is 2.41. The highest BCUT2D eigenvalue weighted by Crippen LogP contribution is 2.46. The number of carbonyl (C=O) groups is 1. The van der Waals surface area contributed by atoms with Crippen LogP contribution in [0.3, 0.4) is 0 Å². The minimum atomic E-state index is 0.0524. The van der Waals surface area contributed by atoms with Gasteiger partial charge in [0.25, 0.3) is 0 Å². The van der Waals surface area contributed by atoms with E-state index >= 15 is 0 Å². The fourth-order valence-corrected chi connectivity index (χ4v) is 4.26. The van der Waals surface area contributed by atoms with Crippen molar-refractivity contribution >= 4 is 29.4 Å². The van der Waals surface area contributed by atoms with Gasteiger partial charge in [-0.2, -0.15) is 11.8 Å². The quantitative estimate of drug-likeness (QED) is 0.782. The van der Waals surface area contributed by atoms with Crippen LogP contribution < -0.4 is 9.47 Å². The van der Waals surface area contributed by atoms with Crippen LogP contribution in [0, 0.1) is 0 Å². The number of hydrogen-bond donors (Lipinski definition) is 0. The smallest absolute Gasteiger partial charge is 0.233 e. The van der Waals surface area contributed by atoms with Crippen molar-refractivity contribution in [3.8, 4) is 11.5 Å². The number of hydrogen-bond acceptors (Lipinski definition) is 5. The first-order chi connectivity index (χ1) is 9.81. The van der Waals surface area contributed by atoms with Crippen molar-refractivity contribution < 1.29 is 14.3 Å². The van der Waals surface area contributed by atoms with Gasteiger partial charge in [-0.1, -0.05) is 19.1 Å². The molecule has 1 atom stereocenters. The van der Waals surface area contributed by atoms with E-state index in [1.165, 1.54) is 0 Å². The molecule has 3 rings (SSSR count). The van der Waals surface area contributed by atoms with Gasteiger partial charge >= 0.3 is 0 Å². The van der Waals surface area contributed by atoms with Crippen LogP contribution in [-0.4, -0.2) is 41.4 Å². The molecule has 2 heterocycles. The maximum Gasteiger partial charge on any atom is 0.233 e. The summed E-state index contributed by atoms with van der Waals surface area (Å²) in [6.45, 7) is 3.20. The van der Waals surface area contributed by atoms with Crippen LogP contribution in [-0.2, 0) is 4.79 Å². The third kappa shape index (κ3) is 2.59. The summed E-state index contributed by atoms with van der Waals surface area (Å²) in [7, 11) is 0. The normalized spacial score (nSPS) is 20.8. The fraction of sp³-hybridized carbons (Fsp3) is 0.500. The zero-order valence-electron chi connectivity index (χ0n) is 11.3. The van der Waals surface area contributed by atoms with Gasteiger partial charge in [0.05, 0.1) is 5.75 Å². The summed E-state index contributed by atoms with van der Waals surface area (Å²) in [4.78, 5) is 14.0. The number of carbonyl (C=O) groups excluding carboxylic acids is 1. The summed E-state index contributed by atoms with van der Waals surface area (Å²) in [6.07, 6.45) is 0. The minimum absolute atomic E-state index is 0.0524. The first kappa shape index (κ1) is 13.9. The Balaban J connectivity index is 1.81. The van der Waals surface area contributed by atoms with Crippen molar-refractivity contribution in [3.63, 3.8) is 0 Å². The lowest BCUT2D eigenvalue weighted by molar-refractivity contribution is -0.127. The molecule has 0 saturated carbocycles. The monoisotopic (exact) mass is 311 g/mol. The molecule has 4 nitrogen and oxygen atoms in total. The Bertz CT molecular complexity index is 509. The summed E-state index contributed by atoms with van der Waals surface area (Å²) in [6, 6.07) is 5.90. The summed E-state index contributed by atoms with van der Waals surface area (Å²) >= 11 is 3.53. The summed E-state index contributed by atoms with van der Waals surface area (Å²) in [5.41, 5.74) is 1.05. The molecule has 2 aliphatic heterocycles. The number of para-hydroxylation sites is 1. The van der Waals surface area contributed by atoms with E-state index in [0.29, 0.717) is 5.75 Å². The molecule has 1 unspecified atom stereocenters. The van der Waals surface area contributed by atoms with E-state index in [9.17, 15) is 4.79 Å². The van der Waals surface area contributed by atoms with Gasteiger partial charge in [0.1, 0.15) is 5.37 Å². The number of benzene rings is 1. The van der Waals surface area contributed by atoms with Gasteiger partial charge in [-0.25, -0.2) is 0 Å². The van der Waals surface area contributed by atoms with Gasteiger partial charge < -0.3 is 14.4 Å². The lowest BCUT2D eigenvalue weighted by Gasteiger charge is -2.24. The topological polar surface area (TPSA) is 38.8 Å². The molecular formula is C14H17NO3S2. The number of rotatable bonds is 5.